The van der Waals surface area contributed by atoms with Crippen LogP contribution in [-0.4, -0.2) is 16.2 Å². The Labute approximate surface area is 105 Å². The molecule has 1 heterocycles. The highest BCUT2D eigenvalue weighted by Crippen LogP contribution is 2.01. The van der Waals surface area contributed by atoms with E-state index in [1.54, 1.807) is 13.1 Å². The van der Waals surface area contributed by atoms with Crippen LogP contribution < -0.4 is 11.0 Å². The molecule has 0 spiro atoms. The van der Waals surface area contributed by atoms with Crippen LogP contribution in [0.15, 0.2) is 40.2 Å². The highest BCUT2D eigenvalue weighted by Gasteiger charge is 1.95. The van der Waals surface area contributed by atoms with Gasteiger partial charge in [0.2, 0.25) is 5.95 Å². The van der Waals surface area contributed by atoms with E-state index in [0.29, 0.717) is 11.6 Å². The van der Waals surface area contributed by atoms with Crippen molar-refractivity contribution in [3.05, 3.63) is 57.5 Å². The molecule has 0 fully saturated rings. The molecule has 0 atom stereocenters. The van der Waals surface area contributed by atoms with Gasteiger partial charge in [-0.25, -0.2) is 10.4 Å². The number of rotatable bonds is 3. The first-order valence-electron chi connectivity index (χ1n) is 5.57. The zero-order valence-corrected chi connectivity index (χ0v) is 10.3. The second-order valence-corrected chi connectivity index (χ2v) is 4.02. The number of nitrogens with zero attached hydrogens (tertiary/aromatic N) is 2. The van der Waals surface area contributed by atoms with Crippen molar-refractivity contribution < 1.29 is 0 Å². The number of benzene rings is 1. The normalized spacial score (nSPS) is 10.8. The van der Waals surface area contributed by atoms with E-state index in [1.165, 1.54) is 11.6 Å². The van der Waals surface area contributed by atoms with Gasteiger partial charge in [-0.05, 0) is 19.4 Å². The molecular weight excluding hydrogens is 228 g/mol. The van der Waals surface area contributed by atoms with Crippen LogP contribution in [0.5, 0.6) is 0 Å². The maximum absolute atomic E-state index is 11.2. The molecule has 0 aliphatic heterocycles. The van der Waals surface area contributed by atoms with Crippen LogP contribution in [0, 0.1) is 13.8 Å². The zero-order chi connectivity index (χ0) is 13.0. The fourth-order valence-electron chi connectivity index (χ4n) is 1.45. The van der Waals surface area contributed by atoms with Crippen LogP contribution in [0.25, 0.3) is 0 Å². The molecule has 0 saturated carbocycles. The third kappa shape index (κ3) is 3.28. The minimum atomic E-state index is -0.199. The average molecular weight is 242 g/mol. The van der Waals surface area contributed by atoms with E-state index < -0.39 is 0 Å². The smallest absolute Gasteiger partial charge is 0.252 e. The fraction of sp³-hybridized carbons (Fsp3) is 0.154. The molecule has 2 N–H and O–H groups in total. The fourth-order valence-corrected chi connectivity index (χ4v) is 1.45. The van der Waals surface area contributed by atoms with Crippen LogP contribution >= 0.6 is 0 Å². The Kier molecular flexibility index (Phi) is 3.52. The van der Waals surface area contributed by atoms with Crippen LogP contribution in [-0.2, 0) is 0 Å². The van der Waals surface area contributed by atoms with Crippen LogP contribution in [0.4, 0.5) is 5.95 Å². The van der Waals surface area contributed by atoms with Gasteiger partial charge in [0.1, 0.15) is 0 Å². The topological polar surface area (TPSA) is 70.1 Å². The van der Waals surface area contributed by atoms with Gasteiger partial charge in [0.05, 0.1) is 6.21 Å². The highest BCUT2D eigenvalue weighted by atomic mass is 16.1. The summed E-state index contributed by atoms with van der Waals surface area (Å²) in [6.45, 7) is 3.78. The van der Waals surface area contributed by atoms with E-state index in [1.807, 2.05) is 31.2 Å². The molecule has 0 saturated heterocycles. The van der Waals surface area contributed by atoms with Crippen molar-refractivity contribution in [2.24, 2.45) is 5.10 Å². The molecule has 0 aliphatic carbocycles. The quantitative estimate of drug-likeness (QED) is 0.637. The van der Waals surface area contributed by atoms with Gasteiger partial charge in [0.25, 0.3) is 5.56 Å². The number of aryl methyl sites for hydroxylation is 2. The lowest BCUT2D eigenvalue weighted by molar-refractivity contribution is 1.04. The van der Waals surface area contributed by atoms with Gasteiger partial charge in [-0.1, -0.05) is 29.8 Å². The SMILES string of the molecule is Cc1ccc(/C=N/Nc2nc(C)cc(=O)[nH]2)cc1. The maximum Gasteiger partial charge on any atom is 0.252 e. The average Bonchev–Trinajstić information content (AvgIpc) is 2.30. The predicted octanol–water partition coefficient (Wildman–Crippen LogP) is 1.83. The number of hydrogen-bond donors (Lipinski definition) is 2. The van der Waals surface area contributed by atoms with Crippen molar-refractivity contribution in [3.8, 4) is 0 Å². The number of nitrogens with one attached hydrogen (secondary N) is 2. The van der Waals surface area contributed by atoms with Gasteiger partial charge in [0.15, 0.2) is 0 Å². The van der Waals surface area contributed by atoms with Gasteiger partial charge in [-0.15, -0.1) is 0 Å². The second-order valence-electron chi connectivity index (χ2n) is 4.02. The molecule has 0 aliphatic rings. The monoisotopic (exact) mass is 242 g/mol. The lowest BCUT2D eigenvalue weighted by atomic mass is 10.2. The van der Waals surface area contributed by atoms with Crippen molar-refractivity contribution in [2.75, 3.05) is 5.43 Å². The third-order valence-electron chi connectivity index (χ3n) is 2.33. The standard InChI is InChI=1S/C13H14N4O/c1-9-3-5-11(6-4-9)8-14-17-13-15-10(2)7-12(18)16-13/h3-8H,1-2H3,(H2,15,16,17,18)/b14-8+. The number of aromatic amines is 1. The molecule has 0 amide bonds. The van der Waals surface area contributed by atoms with Crippen LogP contribution in [0.2, 0.25) is 0 Å². The molecule has 2 aromatic rings. The summed E-state index contributed by atoms with van der Waals surface area (Å²) in [6, 6.07) is 9.37. The van der Waals surface area contributed by atoms with Crippen molar-refractivity contribution >= 4 is 12.2 Å². The summed E-state index contributed by atoms with van der Waals surface area (Å²) in [7, 11) is 0. The van der Waals surface area contributed by atoms with Crippen molar-refractivity contribution in [1.29, 1.82) is 0 Å². The zero-order valence-electron chi connectivity index (χ0n) is 10.3. The van der Waals surface area contributed by atoms with Gasteiger partial charge in [-0.2, -0.15) is 5.10 Å². The Morgan fingerprint density at radius 3 is 2.67 bits per heavy atom. The third-order valence-corrected chi connectivity index (χ3v) is 2.33. The van der Waals surface area contributed by atoms with Gasteiger partial charge < -0.3 is 0 Å². The number of anilines is 1. The van der Waals surface area contributed by atoms with Crippen molar-refractivity contribution in [3.63, 3.8) is 0 Å². The van der Waals surface area contributed by atoms with E-state index in [0.717, 1.165) is 5.56 Å². The number of hydrogen-bond acceptors (Lipinski definition) is 4. The molecule has 18 heavy (non-hydrogen) atoms. The number of hydrazone groups is 1. The first-order valence-corrected chi connectivity index (χ1v) is 5.57. The first kappa shape index (κ1) is 12.0. The van der Waals surface area contributed by atoms with Crippen LogP contribution in [0.3, 0.4) is 0 Å². The summed E-state index contributed by atoms with van der Waals surface area (Å²) in [5.74, 6) is 0.336. The summed E-state index contributed by atoms with van der Waals surface area (Å²) < 4.78 is 0. The van der Waals surface area contributed by atoms with E-state index in [2.05, 4.69) is 20.5 Å². The summed E-state index contributed by atoms with van der Waals surface area (Å²) in [5, 5.41) is 4.02. The molecule has 2 rings (SSSR count). The Bertz CT molecular complexity index is 614. The van der Waals surface area contributed by atoms with E-state index in [-0.39, 0.29) is 5.56 Å². The lowest BCUT2D eigenvalue weighted by Crippen LogP contribution is -2.10. The Morgan fingerprint density at radius 1 is 1.28 bits per heavy atom. The minimum Gasteiger partial charge on any atom is -0.291 e. The van der Waals surface area contributed by atoms with Crippen molar-refractivity contribution in [1.82, 2.24) is 9.97 Å². The Balaban J connectivity index is 2.07. The molecule has 0 unspecified atom stereocenters. The summed E-state index contributed by atoms with van der Waals surface area (Å²) in [5.41, 5.74) is 5.31. The Hall–Kier alpha value is -2.43. The molecule has 0 radical (unpaired) electrons. The number of H-pyrrole nitrogens is 1. The highest BCUT2D eigenvalue weighted by molar-refractivity contribution is 5.79. The van der Waals surface area contributed by atoms with E-state index >= 15 is 0 Å². The summed E-state index contributed by atoms with van der Waals surface area (Å²) in [4.78, 5) is 17.8. The molecule has 1 aromatic carbocycles. The van der Waals surface area contributed by atoms with Gasteiger partial charge >= 0.3 is 0 Å². The van der Waals surface area contributed by atoms with Crippen LogP contribution in [0.1, 0.15) is 16.8 Å². The summed E-state index contributed by atoms with van der Waals surface area (Å²) >= 11 is 0. The van der Waals surface area contributed by atoms with E-state index in [4.69, 9.17) is 0 Å². The molecule has 92 valence electrons. The number of aromatic nitrogens is 2. The minimum absolute atomic E-state index is 0.199. The maximum atomic E-state index is 11.2. The largest absolute Gasteiger partial charge is 0.291 e. The summed E-state index contributed by atoms with van der Waals surface area (Å²) in [6.07, 6.45) is 1.67. The molecule has 5 nitrogen and oxygen atoms in total. The van der Waals surface area contributed by atoms with Crippen molar-refractivity contribution in [2.45, 2.75) is 13.8 Å². The van der Waals surface area contributed by atoms with Gasteiger partial charge in [-0.3, -0.25) is 9.78 Å². The molecule has 5 heteroatoms. The second kappa shape index (κ2) is 5.27. The molecule has 0 bridgehead atoms. The molecule has 1 aromatic heterocycles. The lowest BCUT2D eigenvalue weighted by Gasteiger charge is -1.99. The predicted molar refractivity (Wildman–Crippen MR) is 72.0 cm³/mol. The molecular formula is C13H14N4O. The Morgan fingerprint density at radius 2 is 2.00 bits per heavy atom. The first-order chi connectivity index (χ1) is 8.63. The van der Waals surface area contributed by atoms with E-state index in [9.17, 15) is 4.79 Å². The van der Waals surface area contributed by atoms with Gasteiger partial charge in [0, 0.05) is 11.8 Å².